The number of aromatic amines is 1. The van der Waals surface area contributed by atoms with Crippen LogP contribution in [0.15, 0.2) is 54.7 Å². The predicted molar refractivity (Wildman–Crippen MR) is 90.5 cm³/mol. The van der Waals surface area contributed by atoms with E-state index >= 15 is 0 Å². The highest BCUT2D eigenvalue weighted by atomic mass is 35.5. The lowest BCUT2D eigenvalue weighted by Gasteiger charge is -2.08. The average molecular weight is 314 g/mol. The lowest BCUT2D eigenvalue weighted by Crippen LogP contribution is -2.30. The highest BCUT2D eigenvalue weighted by Gasteiger charge is 2.04. The maximum absolute atomic E-state index is 11.9. The van der Waals surface area contributed by atoms with Gasteiger partial charge in [0.1, 0.15) is 0 Å². The zero-order chi connectivity index (χ0) is 15.4. The van der Waals surface area contributed by atoms with Crippen LogP contribution in [0.1, 0.15) is 5.56 Å². The van der Waals surface area contributed by atoms with Crippen molar-refractivity contribution in [1.82, 2.24) is 10.3 Å². The van der Waals surface area contributed by atoms with Crippen molar-refractivity contribution in [2.45, 2.75) is 6.42 Å². The minimum atomic E-state index is -0.220. The fraction of sp³-hybridized carbons (Fsp3) is 0.118. The molecule has 3 rings (SSSR count). The summed E-state index contributed by atoms with van der Waals surface area (Å²) in [7, 11) is 0. The van der Waals surface area contributed by atoms with Gasteiger partial charge >= 0.3 is 6.03 Å². The maximum atomic E-state index is 11.9. The van der Waals surface area contributed by atoms with E-state index in [1.54, 1.807) is 0 Å². The van der Waals surface area contributed by atoms with Crippen molar-refractivity contribution in [3.8, 4) is 0 Å². The summed E-state index contributed by atoms with van der Waals surface area (Å²) in [6, 6.07) is 15.1. The fourth-order valence-corrected chi connectivity index (χ4v) is 2.55. The molecule has 0 atom stereocenters. The second kappa shape index (κ2) is 6.54. The normalized spacial score (nSPS) is 10.6. The smallest absolute Gasteiger partial charge is 0.319 e. The van der Waals surface area contributed by atoms with Crippen LogP contribution in [0.3, 0.4) is 0 Å². The molecule has 0 aliphatic heterocycles. The fourth-order valence-electron chi connectivity index (χ4n) is 2.32. The summed E-state index contributed by atoms with van der Waals surface area (Å²) in [5.74, 6) is 0. The second-order valence-corrected chi connectivity index (χ2v) is 5.41. The predicted octanol–water partition coefficient (Wildman–Crippen LogP) is 4.19. The molecule has 0 bridgehead atoms. The van der Waals surface area contributed by atoms with Crippen LogP contribution >= 0.6 is 11.6 Å². The van der Waals surface area contributed by atoms with Gasteiger partial charge in [0.05, 0.1) is 0 Å². The zero-order valence-corrected chi connectivity index (χ0v) is 12.7. The molecule has 0 fully saturated rings. The van der Waals surface area contributed by atoms with Crippen molar-refractivity contribution >= 4 is 34.2 Å². The van der Waals surface area contributed by atoms with E-state index in [2.05, 4.69) is 15.6 Å². The first-order valence-corrected chi connectivity index (χ1v) is 7.45. The number of anilines is 1. The van der Waals surface area contributed by atoms with Crippen molar-refractivity contribution in [1.29, 1.82) is 0 Å². The topological polar surface area (TPSA) is 56.9 Å². The number of aromatic nitrogens is 1. The van der Waals surface area contributed by atoms with Gasteiger partial charge in [-0.05, 0) is 42.3 Å². The molecule has 2 amide bonds. The molecule has 0 aliphatic carbocycles. The van der Waals surface area contributed by atoms with Gasteiger partial charge in [0, 0.05) is 34.4 Å². The van der Waals surface area contributed by atoms with Gasteiger partial charge in [-0.15, -0.1) is 0 Å². The van der Waals surface area contributed by atoms with E-state index in [9.17, 15) is 4.79 Å². The van der Waals surface area contributed by atoms with Gasteiger partial charge in [-0.3, -0.25) is 0 Å². The molecule has 0 spiro atoms. The van der Waals surface area contributed by atoms with Gasteiger partial charge in [0.25, 0.3) is 0 Å². The number of H-pyrrole nitrogens is 1. The molecule has 4 nitrogen and oxygen atoms in total. The summed E-state index contributed by atoms with van der Waals surface area (Å²) in [5.41, 5.74) is 2.84. The summed E-state index contributed by atoms with van der Waals surface area (Å²) in [5, 5.41) is 7.45. The SMILES string of the molecule is O=C(NCCc1ccccc1Cl)Nc1ccc2[nH]ccc2c1. The van der Waals surface area contributed by atoms with Crippen LogP contribution in [-0.4, -0.2) is 17.6 Å². The first kappa shape index (κ1) is 14.5. The maximum Gasteiger partial charge on any atom is 0.319 e. The number of hydrogen-bond donors (Lipinski definition) is 3. The van der Waals surface area contributed by atoms with E-state index in [0.717, 1.165) is 27.2 Å². The van der Waals surface area contributed by atoms with E-state index in [4.69, 9.17) is 11.6 Å². The minimum absolute atomic E-state index is 0.220. The lowest BCUT2D eigenvalue weighted by molar-refractivity contribution is 0.252. The molecule has 0 saturated carbocycles. The monoisotopic (exact) mass is 313 g/mol. The number of carbonyl (C=O) groups is 1. The number of fused-ring (bicyclic) bond motifs is 1. The number of hydrogen-bond acceptors (Lipinski definition) is 1. The molecule has 0 saturated heterocycles. The van der Waals surface area contributed by atoms with Gasteiger partial charge in [-0.25, -0.2) is 4.79 Å². The molecule has 0 aliphatic rings. The van der Waals surface area contributed by atoms with Crippen molar-refractivity contribution < 1.29 is 4.79 Å². The summed E-state index contributed by atoms with van der Waals surface area (Å²) >= 11 is 6.08. The molecular weight excluding hydrogens is 298 g/mol. The van der Waals surface area contributed by atoms with Gasteiger partial charge in [-0.2, -0.15) is 0 Å². The molecule has 3 aromatic rings. The minimum Gasteiger partial charge on any atom is -0.361 e. The summed E-state index contributed by atoms with van der Waals surface area (Å²) in [4.78, 5) is 15.0. The van der Waals surface area contributed by atoms with E-state index in [1.165, 1.54) is 0 Å². The highest BCUT2D eigenvalue weighted by Crippen LogP contribution is 2.18. The molecule has 2 aromatic carbocycles. The molecule has 1 aromatic heterocycles. The number of rotatable bonds is 4. The third kappa shape index (κ3) is 3.40. The Hall–Kier alpha value is -2.46. The van der Waals surface area contributed by atoms with Crippen molar-refractivity contribution in [3.05, 3.63) is 65.3 Å². The van der Waals surface area contributed by atoms with Crippen molar-refractivity contribution in [3.63, 3.8) is 0 Å². The number of halogens is 1. The van der Waals surface area contributed by atoms with E-state index in [-0.39, 0.29) is 6.03 Å². The van der Waals surface area contributed by atoms with Crippen LogP contribution in [0.25, 0.3) is 10.9 Å². The van der Waals surface area contributed by atoms with Gasteiger partial charge < -0.3 is 15.6 Å². The second-order valence-electron chi connectivity index (χ2n) is 5.00. The molecule has 0 radical (unpaired) electrons. The Morgan fingerprint density at radius 2 is 2.00 bits per heavy atom. The average Bonchev–Trinajstić information content (AvgIpc) is 2.97. The van der Waals surface area contributed by atoms with Crippen LogP contribution in [0.2, 0.25) is 5.02 Å². The summed E-state index contributed by atoms with van der Waals surface area (Å²) in [6.45, 7) is 0.530. The number of nitrogens with one attached hydrogen (secondary N) is 3. The molecule has 0 unspecified atom stereocenters. The Balaban J connectivity index is 1.53. The molecule has 22 heavy (non-hydrogen) atoms. The third-order valence-electron chi connectivity index (χ3n) is 3.45. The standard InChI is InChI=1S/C17H16ClN3O/c18-15-4-2-1-3-12(15)7-10-20-17(22)21-14-5-6-16-13(11-14)8-9-19-16/h1-6,8-9,11,19H,7,10H2,(H2,20,21,22). The van der Waals surface area contributed by atoms with Crippen LogP contribution in [0.4, 0.5) is 10.5 Å². The van der Waals surface area contributed by atoms with Crippen LogP contribution in [0, 0.1) is 0 Å². The van der Waals surface area contributed by atoms with Gasteiger partial charge in [0.15, 0.2) is 0 Å². The molecule has 3 N–H and O–H groups in total. The van der Waals surface area contributed by atoms with E-state index < -0.39 is 0 Å². The van der Waals surface area contributed by atoms with E-state index in [1.807, 2.05) is 54.7 Å². The van der Waals surface area contributed by atoms with Gasteiger partial charge in [-0.1, -0.05) is 29.8 Å². The Morgan fingerprint density at radius 1 is 1.14 bits per heavy atom. The van der Waals surface area contributed by atoms with E-state index in [0.29, 0.717) is 13.0 Å². The third-order valence-corrected chi connectivity index (χ3v) is 3.82. The number of benzene rings is 2. The number of carbonyl (C=O) groups excluding carboxylic acids is 1. The molecule has 112 valence electrons. The quantitative estimate of drug-likeness (QED) is 0.664. The van der Waals surface area contributed by atoms with Crippen LogP contribution < -0.4 is 10.6 Å². The molecule has 5 heteroatoms. The Bertz CT molecular complexity index is 797. The number of amides is 2. The lowest BCUT2D eigenvalue weighted by atomic mass is 10.1. The molecule has 1 heterocycles. The van der Waals surface area contributed by atoms with Crippen LogP contribution in [0.5, 0.6) is 0 Å². The highest BCUT2D eigenvalue weighted by molar-refractivity contribution is 6.31. The zero-order valence-electron chi connectivity index (χ0n) is 11.9. The van der Waals surface area contributed by atoms with Crippen molar-refractivity contribution in [2.75, 3.05) is 11.9 Å². The molecular formula is C17H16ClN3O. The van der Waals surface area contributed by atoms with Gasteiger partial charge in [0.2, 0.25) is 0 Å². The summed E-state index contributed by atoms with van der Waals surface area (Å²) < 4.78 is 0. The number of urea groups is 1. The first-order valence-electron chi connectivity index (χ1n) is 7.08. The van der Waals surface area contributed by atoms with Crippen LogP contribution in [-0.2, 0) is 6.42 Å². The summed E-state index contributed by atoms with van der Waals surface area (Å²) in [6.07, 6.45) is 2.57. The van der Waals surface area contributed by atoms with Crippen molar-refractivity contribution in [2.24, 2.45) is 0 Å². The largest absolute Gasteiger partial charge is 0.361 e. The Kier molecular flexibility index (Phi) is 4.30. The Labute approximate surface area is 133 Å². The first-order chi connectivity index (χ1) is 10.7. The Morgan fingerprint density at radius 3 is 2.86 bits per heavy atom.